The van der Waals surface area contributed by atoms with Crippen LogP contribution in [0.25, 0.3) is 21.7 Å². The summed E-state index contributed by atoms with van der Waals surface area (Å²) in [6, 6.07) is 13.0. The largest absolute Gasteiger partial charge is 0.240 e. The summed E-state index contributed by atoms with van der Waals surface area (Å²) < 4.78 is 37.9. The van der Waals surface area contributed by atoms with Gasteiger partial charge in [0.2, 0.25) is 0 Å². The molecule has 3 rings (SSSR count). The maximum Gasteiger partial charge on any atom is 0.176 e. The zero-order chi connectivity index (χ0) is 19.1. The van der Waals surface area contributed by atoms with Crippen LogP contribution in [0.4, 0.5) is 4.39 Å². The fourth-order valence-electron chi connectivity index (χ4n) is 2.60. The summed E-state index contributed by atoms with van der Waals surface area (Å²) in [6.45, 7) is 6.19. The van der Waals surface area contributed by atoms with Gasteiger partial charge in [-0.25, -0.2) is 17.8 Å². The third kappa shape index (κ3) is 3.71. The molecule has 0 fully saturated rings. The molecule has 26 heavy (non-hydrogen) atoms. The summed E-state index contributed by atoms with van der Waals surface area (Å²) in [5.41, 5.74) is 1.88. The van der Waals surface area contributed by atoms with Crippen LogP contribution in [-0.2, 0) is 15.3 Å². The van der Waals surface area contributed by atoms with Gasteiger partial charge < -0.3 is 0 Å². The number of halogens is 1. The van der Waals surface area contributed by atoms with Gasteiger partial charge in [-0.05, 0) is 30.3 Å². The molecule has 1 aromatic heterocycles. The van der Waals surface area contributed by atoms with Crippen molar-refractivity contribution < 1.29 is 12.8 Å². The Hall–Kier alpha value is -2.05. The van der Waals surface area contributed by atoms with Crippen molar-refractivity contribution in [1.82, 2.24) is 4.98 Å². The number of thiazole rings is 1. The predicted molar refractivity (Wildman–Crippen MR) is 105 cm³/mol. The van der Waals surface area contributed by atoms with E-state index >= 15 is 0 Å². The van der Waals surface area contributed by atoms with Gasteiger partial charge in [-0.15, -0.1) is 11.3 Å². The molecule has 6 heteroatoms. The molecular formula is C20H20FNO2S2. The zero-order valence-electron chi connectivity index (χ0n) is 15.1. The number of rotatable bonds is 3. The minimum absolute atomic E-state index is 0.183. The van der Waals surface area contributed by atoms with Crippen LogP contribution in [0.5, 0.6) is 0 Å². The maximum absolute atomic E-state index is 13.3. The molecule has 136 valence electrons. The first-order chi connectivity index (χ1) is 12.1. The van der Waals surface area contributed by atoms with Gasteiger partial charge in [-0.1, -0.05) is 39.0 Å². The lowest BCUT2D eigenvalue weighted by atomic mass is 9.98. The van der Waals surface area contributed by atoms with Crippen molar-refractivity contribution in [3.8, 4) is 21.7 Å². The van der Waals surface area contributed by atoms with Crippen LogP contribution in [0.2, 0.25) is 0 Å². The number of hydrogen-bond acceptors (Lipinski definition) is 4. The third-order valence-corrected chi connectivity index (χ3v) is 6.59. The van der Waals surface area contributed by atoms with E-state index in [1.807, 2.05) is 6.07 Å². The molecule has 0 atom stereocenters. The van der Waals surface area contributed by atoms with Crippen LogP contribution in [0.15, 0.2) is 53.4 Å². The molecule has 2 aromatic carbocycles. The Kier molecular flexibility index (Phi) is 4.75. The smallest absolute Gasteiger partial charge is 0.176 e. The second-order valence-electron chi connectivity index (χ2n) is 7.22. The van der Waals surface area contributed by atoms with Gasteiger partial charge in [-0.3, -0.25) is 0 Å². The molecule has 3 nitrogen and oxygen atoms in total. The molecule has 0 unspecified atom stereocenters. The Morgan fingerprint density at radius 1 is 1.00 bits per heavy atom. The van der Waals surface area contributed by atoms with E-state index in [2.05, 4.69) is 20.8 Å². The molecule has 0 saturated heterocycles. The Morgan fingerprint density at radius 2 is 1.62 bits per heavy atom. The molecule has 0 radical (unpaired) electrons. The van der Waals surface area contributed by atoms with E-state index < -0.39 is 9.84 Å². The Balaban J connectivity index is 2.31. The van der Waals surface area contributed by atoms with Crippen molar-refractivity contribution in [2.75, 3.05) is 6.26 Å². The Morgan fingerprint density at radius 3 is 2.19 bits per heavy atom. The van der Waals surface area contributed by atoms with Crippen molar-refractivity contribution in [2.45, 2.75) is 31.1 Å². The SMILES string of the molecule is CC(C)(C)c1nc(-c2ccc(F)cc2)c(-c2ccccc2S(C)(=O)=O)s1. The fraction of sp³-hybridized carbons (Fsp3) is 0.250. The Bertz CT molecular complexity index is 1050. The third-order valence-electron chi connectivity index (χ3n) is 3.92. The standard InChI is InChI=1S/C20H20FNO2S2/c1-20(2,3)19-22-17(13-9-11-14(21)12-10-13)18(25-19)15-7-5-6-8-16(15)26(4,23)24/h5-12H,1-4H3. The molecule has 0 spiro atoms. The van der Waals surface area contributed by atoms with E-state index in [-0.39, 0.29) is 16.1 Å². The molecule has 3 aromatic rings. The normalized spacial score (nSPS) is 12.3. The molecule has 1 heterocycles. The van der Waals surface area contributed by atoms with Gasteiger partial charge in [0.25, 0.3) is 0 Å². The number of hydrogen-bond donors (Lipinski definition) is 0. The van der Waals surface area contributed by atoms with Crippen molar-refractivity contribution in [3.63, 3.8) is 0 Å². The van der Waals surface area contributed by atoms with E-state index in [9.17, 15) is 12.8 Å². The highest BCUT2D eigenvalue weighted by molar-refractivity contribution is 7.90. The van der Waals surface area contributed by atoms with Crippen LogP contribution in [0.3, 0.4) is 0 Å². The monoisotopic (exact) mass is 389 g/mol. The van der Waals surface area contributed by atoms with Gasteiger partial charge >= 0.3 is 0 Å². The second-order valence-corrected chi connectivity index (χ2v) is 10.2. The van der Waals surface area contributed by atoms with E-state index in [1.54, 1.807) is 30.3 Å². The number of aromatic nitrogens is 1. The molecule has 0 amide bonds. The number of sulfone groups is 1. The van der Waals surface area contributed by atoms with Crippen molar-refractivity contribution >= 4 is 21.2 Å². The summed E-state index contributed by atoms with van der Waals surface area (Å²) in [6.07, 6.45) is 1.20. The summed E-state index contributed by atoms with van der Waals surface area (Å²) in [7, 11) is -3.39. The van der Waals surface area contributed by atoms with Crippen molar-refractivity contribution in [1.29, 1.82) is 0 Å². The maximum atomic E-state index is 13.3. The highest BCUT2D eigenvalue weighted by Gasteiger charge is 2.25. The Labute approximate surface area is 157 Å². The fourth-order valence-corrected chi connectivity index (χ4v) is 4.75. The summed E-state index contributed by atoms with van der Waals surface area (Å²) in [4.78, 5) is 5.83. The summed E-state index contributed by atoms with van der Waals surface area (Å²) >= 11 is 1.48. The molecule has 0 N–H and O–H groups in total. The molecule has 0 aliphatic heterocycles. The van der Waals surface area contributed by atoms with Crippen LogP contribution in [0.1, 0.15) is 25.8 Å². The molecule has 0 saturated carbocycles. The first-order valence-corrected chi connectivity index (χ1v) is 10.8. The lowest BCUT2D eigenvalue weighted by Crippen LogP contribution is -2.10. The number of benzene rings is 2. The van der Waals surface area contributed by atoms with E-state index in [1.165, 1.54) is 29.7 Å². The molecular weight excluding hydrogens is 369 g/mol. The average Bonchev–Trinajstić information content (AvgIpc) is 3.00. The van der Waals surface area contributed by atoms with Gasteiger partial charge in [-0.2, -0.15) is 0 Å². The minimum Gasteiger partial charge on any atom is -0.240 e. The molecule has 0 bridgehead atoms. The molecule has 0 aliphatic rings. The average molecular weight is 390 g/mol. The highest BCUT2D eigenvalue weighted by Crippen LogP contribution is 2.42. The van der Waals surface area contributed by atoms with Gasteiger partial charge in [0.15, 0.2) is 9.84 Å². The first-order valence-electron chi connectivity index (χ1n) is 8.14. The topological polar surface area (TPSA) is 47.0 Å². The zero-order valence-corrected chi connectivity index (χ0v) is 16.7. The van der Waals surface area contributed by atoms with E-state index in [0.29, 0.717) is 11.3 Å². The van der Waals surface area contributed by atoms with Crippen LogP contribution in [-0.4, -0.2) is 19.7 Å². The second kappa shape index (κ2) is 6.59. The van der Waals surface area contributed by atoms with Crippen molar-refractivity contribution in [2.24, 2.45) is 0 Å². The van der Waals surface area contributed by atoms with Crippen LogP contribution in [0, 0.1) is 5.82 Å². The molecule has 0 aliphatic carbocycles. The summed E-state index contributed by atoms with van der Waals surface area (Å²) in [5.74, 6) is -0.321. The van der Waals surface area contributed by atoms with Gasteiger partial charge in [0.1, 0.15) is 5.82 Å². The van der Waals surface area contributed by atoms with Gasteiger partial charge in [0.05, 0.1) is 20.5 Å². The minimum atomic E-state index is -3.39. The highest BCUT2D eigenvalue weighted by atomic mass is 32.2. The van der Waals surface area contributed by atoms with E-state index in [4.69, 9.17) is 4.98 Å². The van der Waals surface area contributed by atoms with E-state index in [0.717, 1.165) is 15.4 Å². The van der Waals surface area contributed by atoms with Crippen LogP contribution >= 0.6 is 11.3 Å². The van der Waals surface area contributed by atoms with Crippen LogP contribution < -0.4 is 0 Å². The summed E-state index contributed by atoms with van der Waals surface area (Å²) in [5, 5.41) is 0.898. The first kappa shape index (κ1) is 18.7. The number of nitrogens with zero attached hydrogens (tertiary/aromatic N) is 1. The predicted octanol–water partition coefficient (Wildman–Crippen LogP) is 5.32. The lowest BCUT2D eigenvalue weighted by Gasteiger charge is -2.13. The van der Waals surface area contributed by atoms with Crippen molar-refractivity contribution in [3.05, 3.63) is 59.4 Å². The quantitative estimate of drug-likeness (QED) is 0.609. The van der Waals surface area contributed by atoms with Gasteiger partial charge in [0, 0.05) is 22.8 Å². The lowest BCUT2D eigenvalue weighted by molar-refractivity contribution is 0.586.